The second-order valence-corrected chi connectivity index (χ2v) is 7.21. The van der Waals surface area contributed by atoms with E-state index in [9.17, 15) is 4.79 Å². The van der Waals surface area contributed by atoms with Crippen molar-refractivity contribution in [1.82, 2.24) is 14.5 Å². The highest BCUT2D eigenvalue weighted by atomic mass is 79.9. The van der Waals surface area contributed by atoms with Gasteiger partial charge in [0.1, 0.15) is 11.8 Å². The molecule has 0 spiro atoms. The van der Waals surface area contributed by atoms with Crippen LogP contribution < -0.4 is 4.74 Å². The molecule has 0 radical (unpaired) electrons. The lowest BCUT2D eigenvalue weighted by molar-refractivity contribution is -0.136. The molecule has 0 fully saturated rings. The summed E-state index contributed by atoms with van der Waals surface area (Å²) in [5.74, 6) is 0.883. The zero-order valence-corrected chi connectivity index (χ0v) is 15.9. The van der Waals surface area contributed by atoms with Crippen LogP contribution in [0.1, 0.15) is 22.9 Å². The average Bonchev–Trinajstić information content (AvgIpc) is 3.11. The van der Waals surface area contributed by atoms with Gasteiger partial charge in [0.15, 0.2) is 0 Å². The molecule has 6 heteroatoms. The highest BCUT2D eigenvalue weighted by molar-refractivity contribution is 9.10. The Morgan fingerprint density at radius 3 is 2.77 bits per heavy atom. The van der Waals surface area contributed by atoms with Gasteiger partial charge in [0.05, 0.1) is 25.7 Å². The van der Waals surface area contributed by atoms with Crippen molar-refractivity contribution in [2.75, 3.05) is 7.11 Å². The third-order valence-electron chi connectivity index (χ3n) is 4.62. The Morgan fingerprint density at radius 2 is 2.04 bits per heavy atom. The Hall–Kier alpha value is -2.60. The minimum atomic E-state index is -0.392. The number of aromatic nitrogens is 2. The largest absolute Gasteiger partial charge is 0.497 e. The minimum absolute atomic E-state index is 0.0735. The highest BCUT2D eigenvalue weighted by Gasteiger charge is 2.34. The van der Waals surface area contributed by atoms with Gasteiger partial charge in [0, 0.05) is 17.2 Å². The molecule has 2 heterocycles. The monoisotopic (exact) mass is 411 g/mol. The van der Waals surface area contributed by atoms with Gasteiger partial charge in [0.2, 0.25) is 0 Å². The van der Waals surface area contributed by atoms with E-state index >= 15 is 0 Å². The van der Waals surface area contributed by atoms with Crippen molar-refractivity contribution in [2.45, 2.75) is 19.1 Å². The number of imidazole rings is 1. The molecule has 5 nitrogen and oxygen atoms in total. The lowest BCUT2D eigenvalue weighted by atomic mass is 10.0. The summed E-state index contributed by atoms with van der Waals surface area (Å²) >= 11 is 3.50. The van der Waals surface area contributed by atoms with E-state index in [-0.39, 0.29) is 5.91 Å². The lowest BCUT2D eigenvalue weighted by Crippen LogP contribution is -2.42. The van der Waals surface area contributed by atoms with E-state index in [0.29, 0.717) is 13.1 Å². The summed E-state index contributed by atoms with van der Waals surface area (Å²) in [5, 5.41) is 0. The first-order chi connectivity index (χ1) is 12.7. The molecular weight excluding hydrogens is 394 g/mol. The number of hydrogen-bond donors (Lipinski definition) is 0. The second-order valence-electron chi connectivity index (χ2n) is 6.29. The van der Waals surface area contributed by atoms with Crippen LogP contribution in [0.3, 0.4) is 0 Å². The van der Waals surface area contributed by atoms with Crippen LogP contribution in [-0.4, -0.2) is 27.5 Å². The van der Waals surface area contributed by atoms with Crippen molar-refractivity contribution >= 4 is 21.8 Å². The number of hydrogen-bond acceptors (Lipinski definition) is 3. The molecular formula is C20H18BrN3O2. The number of fused-ring (bicyclic) bond motifs is 1. The predicted molar refractivity (Wildman–Crippen MR) is 102 cm³/mol. The van der Waals surface area contributed by atoms with Crippen molar-refractivity contribution in [3.8, 4) is 5.75 Å². The quantitative estimate of drug-likeness (QED) is 0.655. The van der Waals surface area contributed by atoms with Crippen LogP contribution in [0.4, 0.5) is 0 Å². The topological polar surface area (TPSA) is 47.4 Å². The van der Waals surface area contributed by atoms with Crippen molar-refractivity contribution in [3.05, 3.63) is 82.3 Å². The summed E-state index contributed by atoms with van der Waals surface area (Å²) in [4.78, 5) is 19.4. The van der Waals surface area contributed by atoms with Gasteiger partial charge in [0.25, 0.3) is 5.91 Å². The van der Waals surface area contributed by atoms with Crippen molar-refractivity contribution in [3.63, 3.8) is 0 Å². The predicted octanol–water partition coefficient (Wildman–Crippen LogP) is 3.79. The first kappa shape index (κ1) is 16.8. The maximum absolute atomic E-state index is 13.3. The Kier molecular flexibility index (Phi) is 4.51. The zero-order valence-electron chi connectivity index (χ0n) is 14.3. The fraction of sp³-hybridized carbons (Fsp3) is 0.200. The van der Waals surface area contributed by atoms with Crippen molar-refractivity contribution in [2.24, 2.45) is 0 Å². The molecule has 0 N–H and O–H groups in total. The van der Waals surface area contributed by atoms with Gasteiger partial charge in [-0.2, -0.15) is 0 Å². The number of halogens is 1. The summed E-state index contributed by atoms with van der Waals surface area (Å²) in [6.45, 7) is 1.11. The van der Waals surface area contributed by atoms with Crippen LogP contribution in [0.5, 0.6) is 5.75 Å². The number of benzene rings is 2. The molecule has 132 valence electrons. The number of rotatable bonds is 4. The number of amides is 1. The van der Waals surface area contributed by atoms with E-state index in [1.165, 1.54) is 0 Å². The van der Waals surface area contributed by atoms with Gasteiger partial charge in [-0.15, -0.1) is 0 Å². The molecule has 1 aromatic heterocycles. The number of methoxy groups -OCH3 is 1. The SMILES string of the molecule is COc1ccc(CN2Cc3cncn3C(c3cccc(Br)c3)C2=O)cc1. The van der Waals surface area contributed by atoms with Crippen molar-refractivity contribution in [1.29, 1.82) is 0 Å². The first-order valence-corrected chi connectivity index (χ1v) is 9.13. The number of ether oxygens (including phenoxy) is 1. The van der Waals surface area contributed by atoms with Crippen LogP contribution in [0.25, 0.3) is 0 Å². The van der Waals surface area contributed by atoms with Gasteiger partial charge in [-0.1, -0.05) is 40.2 Å². The molecule has 3 aromatic rings. The molecule has 0 saturated carbocycles. The Balaban J connectivity index is 1.66. The number of carbonyl (C=O) groups excluding carboxylic acids is 1. The van der Waals surface area contributed by atoms with E-state index in [1.807, 2.05) is 64.2 Å². The summed E-state index contributed by atoms with van der Waals surface area (Å²) in [7, 11) is 1.65. The maximum atomic E-state index is 13.3. The molecule has 1 aliphatic heterocycles. The Labute approximate surface area is 160 Å². The van der Waals surface area contributed by atoms with Gasteiger partial charge in [-0.05, 0) is 35.4 Å². The van der Waals surface area contributed by atoms with Crippen LogP contribution >= 0.6 is 15.9 Å². The number of carbonyl (C=O) groups is 1. The van der Waals surface area contributed by atoms with E-state index in [4.69, 9.17) is 4.74 Å². The van der Waals surface area contributed by atoms with Crippen LogP contribution in [0, 0.1) is 0 Å². The second kappa shape index (κ2) is 6.96. The van der Waals surface area contributed by atoms with E-state index in [0.717, 1.165) is 27.0 Å². The molecule has 1 aliphatic rings. The standard InChI is InChI=1S/C20H18BrN3O2/c1-26-18-7-5-14(6-8-18)11-23-12-17-10-22-13-24(17)19(20(23)25)15-3-2-4-16(21)9-15/h2-10,13,19H,11-12H2,1H3. The normalized spacial score (nSPS) is 16.5. The van der Waals surface area contributed by atoms with E-state index < -0.39 is 6.04 Å². The number of nitrogens with zero attached hydrogens (tertiary/aromatic N) is 3. The third-order valence-corrected chi connectivity index (χ3v) is 5.11. The zero-order chi connectivity index (χ0) is 18.1. The van der Waals surface area contributed by atoms with Crippen LogP contribution in [0.15, 0.2) is 65.5 Å². The average molecular weight is 412 g/mol. The Bertz CT molecular complexity index is 936. The fourth-order valence-corrected chi connectivity index (χ4v) is 3.73. The molecule has 1 amide bonds. The minimum Gasteiger partial charge on any atom is -0.497 e. The van der Waals surface area contributed by atoms with Gasteiger partial charge in [-0.3, -0.25) is 4.79 Å². The molecule has 2 aromatic carbocycles. The van der Waals surface area contributed by atoms with Crippen LogP contribution in [-0.2, 0) is 17.9 Å². The maximum Gasteiger partial charge on any atom is 0.250 e. The Morgan fingerprint density at radius 1 is 1.23 bits per heavy atom. The highest BCUT2D eigenvalue weighted by Crippen LogP contribution is 2.30. The molecule has 0 aliphatic carbocycles. The van der Waals surface area contributed by atoms with E-state index in [2.05, 4.69) is 20.9 Å². The molecule has 0 bridgehead atoms. The summed E-state index contributed by atoms with van der Waals surface area (Å²) in [6, 6.07) is 15.3. The molecule has 26 heavy (non-hydrogen) atoms. The summed E-state index contributed by atoms with van der Waals surface area (Å²) in [5.41, 5.74) is 3.05. The van der Waals surface area contributed by atoms with Crippen molar-refractivity contribution < 1.29 is 9.53 Å². The van der Waals surface area contributed by atoms with Gasteiger partial charge in [-0.25, -0.2) is 4.98 Å². The van der Waals surface area contributed by atoms with E-state index in [1.54, 1.807) is 13.4 Å². The third kappa shape index (κ3) is 3.12. The molecule has 1 atom stereocenters. The summed E-state index contributed by atoms with van der Waals surface area (Å²) < 4.78 is 8.13. The lowest BCUT2D eigenvalue weighted by Gasteiger charge is -2.34. The van der Waals surface area contributed by atoms with Crippen LogP contribution in [0.2, 0.25) is 0 Å². The molecule has 1 unspecified atom stereocenters. The molecule has 4 rings (SSSR count). The molecule has 0 saturated heterocycles. The van der Waals surface area contributed by atoms with Gasteiger partial charge < -0.3 is 14.2 Å². The first-order valence-electron chi connectivity index (χ1n) is 8.33. The van der Waals surface area contributed by atoms with Gasteiger partial charge >= 0.3 is 0 Å². The summed E-state index contributed by atoms with van der Waals surface area (Å²) in [6.07, 6.45) is 3.57. The smallest absolute Gasteiger partial charge is 0.250 e. The fourth-order valence-electron chi connectivity index (χ4n) is 3.32.